The Kier molecular flexibility index (Phi) is 2.39. The van der Waals surface area contributed by atoms with E-state index in [2.05, 4.69) is 9.97 Å². The minimum atomic E-state index is 0.521. The zero-order valence-electron chi connectivity index (χ0n) is 7.17. The number of fused-ring (bicyclic) bond motifs is 1. The highest BCUT2D eigenvalue weighted by molar-refractivity contribution is 7.71. The molecule has 0 saturated heterocycles. The molecule has 1 aromatic heterocycles. The summed E-state index contributed by atoms with van der Waals surface area (Å²) in [5.41, 5.74) is 8.66. The van der Waals surface area contributed by atoms with Gasteiger partial charge in [-0.05, 0) is 18.8 Å². The topological polar surface area (TPSA) is 63.9 Å². The van der Waals surface area contributed by atoms with Gasteiger partial charge in [-0.3, -0.25) is 0 Å². The van der Waals surface area contributed by atoms with Gasteiger partial charge >= 0.3 is 0 Å². The van der Waals surface area contributed by atoms with Crippen molar-refractivity contribution in [3.63, 3.8) is 0 Å². The monoisotopic (exact) mass is 197 g/mol. The highest BCUT2D eigenvalue weighted by Crippen LogP contribution is 2.19. The number of nitrogens with zero attached hydrogens (tertiary/aromatic N) is 1. The summed E-state index contributed by atoms with van der Waals surface area (Å²) < 4.78 is 5.82. The van der Waals surface area contributed by atoms with Gasteiger partial charge in [0.2, 0.25) is 0 Å². The van der Waals surface area contributed by atoms with Gasteiger partial charge in [0, 0.05) is 12.0 Å². The van der Waals surface area contributed by atoms with Crippen LogP contribution in [0.15, 0.2) is 0 Å². The summed E-state index contributed by atoms with van der Waals surface area (Å²) in [5.74, 6) is 0. The lowest BCUT2D eigenvalue weighted by Crippen LogP contribution is -2.08. The summed E-state index contributed by atoms with van der Waals surface area (Å²) in [5, 5.41) is 0. The van der Waals surface area contributed by atoms with Crippen LogP contribution in [0.1, 0.15) is 17.0 Å². The SMILES string of the molecule is NCCc1nc(=S)[nH]c2c1COC2. The van der Waals surface area contributed by atoms with Crippen molar-refractivity contribution in [2.75, 3.05) is 6.54 Å². The van der Waals surface area contributed by atoms with E-state index in [0.29, 0.717) is 24.5 Å². The normalized spacial score (nSPS) is 14.5. The van der Waals surface area contributed by atoms with Crippen LogP contribution >= 0.6 is 12.2 Å². The van der Waals surface area contributed by atoms with Crippen LogP contribution in [0.3, 0.4) is 0 Å². The van der Waals surface area contributed by atoms with E-state index in [4.69, 9.17) is 22.7 Å². The Morgan fingerprint density at radius 2 is 2.38 bits per heavy atom. The van der Waals surface area contributed by atoms with Gasteiger partial charge in [-0.2, -0.15) is 0 Å². The van der Waals surface area contributed by atoms with Gasteiger partial charge in [0.05, 0.1) is 24.6 Å². The number of aromatic nitrogens is 2. The second-order valence-corrected chi connectivity index (χ2v) is 3.36. The molecule has 0 saturated carbocycles. The summed E-state index contributed by atoms with van der Waals surface area (Å²) in [6.07, 6.45) is 0.768. The molecule has 0 atom stereocenters. The Morgan fingerprint density at radius 3 is 3.15 bits per heavy atom. The van der Waals surface area contributed by atoms with Crippen molar-refractivity contribution in [3.05, 3.63) is 21.7 Å². The summed E-state index contributed by atoms with van der Waals surface area (Å²) >= 11 is 4.99. The molecule has 1 aromatic rings. The summed E-state index contributed by atoms with van der Waals surface area (Å²) in [6.45, 7) is 1.83. The molecule has 0 radical (unpaired) electrons. The molecule has 2 rings (SSSR count). The number of H-pyrrole nitrogens is 1. The molecule has 3 N–H and O–H groups in total. The van der Waals surface area contributed by atoms with E-state index >= 15 is 0 Å². The molecule has 0 fully saturated rings. The average Bonchev–Trinajstić information content (AvgIpc) is 2.52. The van der Waals surface area contributed by atoms with Gasteiger partial charge in [0.25, 0.3) is 0 Å². The zero-order valence-corrected chi connectivity index (χ0v) is 7.99. The third-order valence-electron chi connectivity index (χ3n) is 2.08. The number of nitrogens with two attached hydrogens (primary N) is 1. The maximum atomic E-state index is 5.48. The first kappa shape index (κ1) is 8.80. The Labute approximate surface area is 81.1 Å². The van der Waals surface area contributed by atoms with E-state index in [-0.39, 0.29) is 0 Å². The molecule has 0 bridgehead atoms. The number of rotatable bonds is 2. The Bertz CT molecular complexity index is 374. The smallest absolute Gasteiger partial charge is 0.197 e. The quantitative estimate of drug-likeness (QED) is 0.684. The van der Waals surface area contributed by atoms with Crippen LogP contribution in [0.2, 0.25) is 0 Å². The predicted octanol–water partition coefficient (Wildman–Crippen LogP) is 0.671. The van der Waals surface area contributed by atoms with Crippen LogP contribution in [0.25, 0.3) is 0 Å². The second kappa shape index (κ2) is 3.53. The van der Waals surface area contributed by atoms with Crippen LogP contribution in [0, 0.1) is 4.77 Å². The number of hydrogen-bond donors (Lipinski definition) is 2. The molecule has 1 aliphatic heterocycles. The minimum Gasteiger partial charge on any atom is -0.370 e. The average molecular weight is 197 g/mol. The fraction of sp³-hybridized carbons (Fsp3) is 0.500. The van der Waals surface area contributed by atoms with Crippen LogP contribution in [-0.4, -0.2) is 16.5 Å². The van der Waals surface area contributed by atoms with Crippen molar-refractivity contribution in [1.29, 1.82) is 0 Å². The highest BCUT2D eigenvalue weighted by Gasteiger charge is 2.16. The van der Waals surface area contributed by atoms with Crippen LogP contribution in [-0.2, 0) is 24.4 Å². The maximum absolute atomic E-state index is 5.48. The molecule has 1 aliphatic rings. The van der Waals surface area contributed by atoms with Crippen molar-refractivity contribution >= 4 is 12.2 Å². The zero-order chi connectivity index (χ0) is 9.26. The first-order valence-electron chi connectivity index (χ1n) is 4.20. The van der Waals surface area contributed by atoms with E-state index in [0.717, 1.165) is 23.4 Å². The van der Waals surface area contributed by atoms with E-state index in [9.17, 15) is 0 Å². The first-order valence-corrected chi connectivity index (χ1v) is 4.61. The third kappa shape index (κ3) is 1.63. The van der Waals surface area contributed by atoms with E-state index in [1.807, 2.05) is 0 Å². The molecular weight excluding hydrogens is 186 g/mol. The predicted molar refractivity (Wildman–Crippen MR) is 50.7 cm³/mol. The Balaban J connectivity index is 2.49. The van der Waals surface area contributed by atoms with Crippen molar-refractivity contribution < 1.29 is 4.74 Å². The molecule has 0 unspecified atom stereocenters. The molecule has 0 amide bonds. The minimum absolute atomic E-state index is 0.521. The molecule has 70 valence electrons. The van der Waals surface area contributed by atoms with Crippen molar-refractivity contribution in [3.8, 4) is 0 Å². The molecule has 0 aliphatic carbocycles. The Morgan fingerprint density at radius 1 is 1.54 bits per heavy atom. The van der Waals surface area contributed by atoms with Crippen LogP contribution in [0.4, 0.5) is 0 Å². The van der Waals surface area contributed by atoms with E-state index in [1.165, 1.54) is 0 Å². The largest absolute Gasteiger partial charge is 0.370 e. The number of aromatic amines is 1. The third-order valence-corrected chi connectivity index (χ3v) is 2.27. The molecule has 13 heavy (non-hydrogen) atoms. The lowest BCUT2D eigenvalue weighted by atomic mass is 10.1. The van der Waals surface area contributed by atoms with Gasteiger partial charge in [-0.25, -0.2) is 4.98 Å². The van der Waals surface area contributed by atoms with Crippen LogP contribution < -0.4 is 5.73 Å². The molecule has 4 nitrogen and oxygen atoms in total. The second-order valence-electron chi connectivity index (χ2n) is 2.98. The van der Waals surface area contributed by atoms with Gasteiger partial charge in [-0.1, -0.05) is 0 Å². The molecule has 2 heterocycles. The highest BCUT2D eigenvalue weighted by atomic mass is 32.1. The molecular formula is C8H11N3OS. The van der Waals surface area contributed by atoms with Crippen LogP contribution in [0.5, 0.6) is 0 Å². The van der Waals surface area contributed by atoms with Gasteiger partial charge in [0.1, 0.15) is 0 Å². The van der Waals surface area contributed by atoms with Gasteiger partial charge in [0.15, 0.2) is 4.77 Å². The van der Waals surface area contributed by atoms with Crippen molar-refractivity contribution in [1.82, 2.24) is 9.97 Å². The lowest BCUT2D eigenvalue weighted by Gasteiger charge is -2.03. The summed E-state index contributed by atoms with van der Waals surface area (Å²) in [6, 6.07) is 0. The molecule has 0 aromatic carbocycles. The van der Waals surface area contributed by atoms with E-state index < -0.39 is 0 Å². The molecule has 0 spiro atoms. The fourth-order valence-electron chi connectivity index (χ4n) is 1.49. The lowest BCUT2D eigenvalue weighted by molar-refractivity contribution is 0.133. The number of hydrogen-bond acceptors (Lipinski definition) is 4. The standard InChI is InChI=1S/C8H11N3OS/c9-2-1-6-5-3-12-4-7(5)11-8(13)10-6/h1-4,9H2,(H,10,11,13). The summed E-state index contributed by atoms with van der Waals surface area (Å²) in [4.78, 5) is 7.26. The summed E-state index contributed by atoms with van der Waals surface area (Å²) in [7, 11) is 0. The Hall–Kier alpha value is -0.780. The van der Waals surface area contributed by atoms with Gasteiger partial charge in [-0.15, -0.1) is 0 Å². The molecule has 5 heteroatoms. The maximum Gasteiger partial charge on any atom is 0.197 e. The van der Waals surface area contributed by atoms with Gasteiger partial charge < -0.3 is 15.5 Å². The number of nitrogens with one attached hydrogen (secondary N) is 1. The van der Waals surface area contributed by atoms with Crippen molar-refractivity contribution in [2.24, 2.45) is 5.73 Å². The van der Waals surface area contributed by atoms with E-state index in [1.54, 1.807) is 0 Å². The first-order chi connectivity index (χ1) is 6.31. The fourth-order valence-corrected chi connectivity index (χ4v) is 1.72. The van der Waals surface area contributed by atoms with Crippen molar-refractivity contribution in [2.45, 2.75) is 19.6 Å². The number of ether oxygens (including phenoxy) is 1.